The molecule has 0 fully saturated rings. The lowest BCUT2D eigenvalue weighted by Crippen LogP contribution is -2.24. The van der Waals surface area contributed by atoms with Crippen LogP contribution in [-0.2, 0) is 16.0 Å². The van der Waals surface area contributed by atoms with Gasteiger partial charge in [-0.25, -0.2) is 13.8 Å². The second-order valence-electron chi connectivity index (χ2n) is 6.58. The predicted molar refractivity (Wildman–Crippen MR) is 117 cm³/mol. The fourth-order valence-corrected chi connectivity index (χ4v) is 3.49. The van der Waals surface area contributed by atoms with Gasteiger partial charge in [0, 0.05) is 40.5 Å². The molecule has 2 amide bonds. The molecule has 31 heavy (non-hydrogen) atoms. The lowest BCUT2D eigenvalue weighted by Gasteiger charge is -2.21. The van der Waals surface area contributed by atoms with Gasteiger partial charge in [-0.2, -0.15) is 0 Å². The number of hydrogen-bond acceptors (Lipinski definition) is 3. The zero-order valence-corrected chi connectivity index (χ0v) is 17.8. The predicted octanol–water partition coefficient (Wildman–Crippen LogP) is 6.19. The number of hydrogen-bond donors (Lipinski definition) is 1. The van der Waals surface area contributed by atoms with Gasteiger partial charge in [0.25, 0.3) is 6.43 Å². The van der Waals surface area contributed by atoms with Crippen molar-refractivity contribution in [2.24, 2.45) is 0 Å². The summed E-state index contributed by atoms with van der Waals surface area (Å²) in [7, 11) is 0. The number of alkyl halides is 2. The third-order valence-corrected chi connectivity index (χ3v) is 5.06. The third kappa shape index (κ3) is 5.57. The lowest BCUT2D eigenvalue weighted by molar-refractivity contribution is -0.116. The largest absolute Gasteiger partial charge is 0.326 e. The van der Waals surface area contributed by atoms with E-state index in [9.17, 15) is 18.4 Å². The smallest absolute Gasteiger partial charge is 0.263 e. The number of carbonyl (C=O) groups is 2. The van der Waals surface area contributed by atoms with Crippen molar-refractivity contribution in [1.29, 1.82) is 0 Å². The van der Waals surface area contributed by atoms with Crippen molar-refractivity contribution in [3.8, 4) is 0 Å². The molecule has 1 N–H and O–H groups in total. The molecule has 0 aliphatic heterocycles. The Morgan fingerprint density at radius 1 is 1.06 bits per heavy atom. The fourth-order valence-electron chi connectivity index (χ4n) is 2.96. The maximum atomic E-state index is 13.1. The van der Waals surface area contributed by atoms with Gasteiger partial charge >= 0.3 is 0 Å². The number of amides is 2. The van der Waals surface area contributed by atoms with Gasteiger partial charge in [-0.05, 0) is 35.9 Å². The zero-order chi connectivity index (χ0) is 22.5. The summed E-state index contributed by atoms with van der Waals surface area (Å²) >= 11 is 12.2. The van der Waals surface area contributed by atoms with Crippen molar-refractivity contribution in [3.05, 3.63) is 82.0 Å². The summed E-state index contributed by atoms with van der Waals surface area (Å²) in [6, 6.07) is 13.4. The summed E-state index contributed by atoms with van der Waals surface area (Å²) in [5.74, 6) is -0.626. The van der Waals surface area contributed by atoms with Crippen molar-refractivity contribution in [1.82, 2.24) is 4.98 Å². The molecule has 0 aliphatic rings. The Hall–Kier alpha value is -3.03. The molecule has 160 valence electrons. The van der Waals surface area contributed by atoms with E-state index in [-0.39, 0.29) is 29.4 Å². The second-order valence-corrected chi connectivity index (χ2v) is 7.39. The molecule has 1 aromatic heterocycles. The van der Waals surface area contributed by atoms with E-state index >= 15 is 0 Å². The zero-order valence-electron chi connectivity index (χ0n) is 16.3. The standard InChI is InChI=1S/C22H17Cl2F2N3O2/c1-13(30)29(16-5-2-4-14(10-16)22(25)26)20-11-15(8-9-27-20)28-21(31)12-17-18(23)6-3-7-19(17)24/h2-11,22H,12H2,1H3,(H,27,28,31). The minimum atomic E-state index is -2.68. The van der Waals surface area contributed by atoms with Crippen LogP contribution in [0.25, 0.3) is 0 Å². The summed E-state index contributed by atoms with van der Waals surface area (Å²) in [6.07, 6.45) is -1.33. The fraction of sp³-hybridized carbons (Fsp3) is 0.136. The van der Waals surface area contributed by atoms with E-state index in [1.165, 1.54) is 48.4 Å². The Kier molecular flexibility index (Phi) is 7.20. The number of carbonyl (C=O) groups excluding carboxylic acids is 2. The van der Waals surface area contributed by atoms with E-state index in [0.29, 0.717) is 21.3 Å². The Morgan fingerprint density at radius 3 is 2.39 bits per heavy atom. The monoisotopic (exact) mass is 463 g/mol. The van der Waals surface area contributed by atoms with Gasteiger partial charge in [0.05, 0.1) is 12.1 Å². The van der Waals surface area contributed by atoms with Crippen LogP contribution in [0.4, 0.5) is 26.0 Å². The van der Waals surface area contributed by atoms with E-state index < -0.39 is 12.3 Å². The molecule has 1 heterocycles. The van der Waals surface area contributed by atoms with Crippen LogP contribution in [0.1, 0.15) is 24.5 Å². The second kappa shape index (κ2) is 9.85. The summed E-state index contributed by atoms with van der Waals surface area (Å²) in [5, 5.41) is 3.46. The molecule has 0 saturated heterocycles. The molecular weight excluding hydrogens is 447 g/mol. The molecule has 3 rings (SSSR count). The van der Waals surface area contributed by atoms with Crippen LogP contribution >= 0.6 is 23.2 Å². The van der Waals surface area contributed by atoms with E-state index in [1.54, 1.807) is 24.3 Å². The molecule has 0 saturated carbocycles. The normalized spacial score (nSPS) is 10.8. The van der Waals surface area contributed by atoms with Crippen molar-refractivity contribution in [2.75, 3.05) is 10.2 Å². The highest BCUT2D eigenvalue weighted by atomic mass is 35.5. The number of pyridine rings is 1. The summed E-state index contributed by atoms with van der Waals surface area (Å²) < 4.78 is 26.1. The average Bonchev–Trinajstić information content (AvgIpc) is 2.71. The minimum Gasteiger partial charge on any atom is -0.326 e. The number of anilines is 3. The number of benzene rings is 2. The Bertz CT molecular complexity index is 1110. The molecule has 0 bridgehead atoms. The van der Waals surface area contributed by atoms with Gasteiger partial charge < -0.3 is 5.32 Å². The first-order valence-corrected chi connectivity index (χ1v) is 9.89. The molecule has 3 aromatic rings. The number of nitrogens with zero attached hydrogens (tertiary/aromatic N) is 2. The van der Waals surface area contributed by atoms with E-state index in [2.05, 4.69) is 10.3 Å². The Labute approximate surface area is 187 Å². The minimum absolute atomic E-state index is 0.0526. The average molecular weight is 464 g/mol. The molecule has 9 heteroatoms. The van der Waals surface area contributed by atoms with Gasteiger partial charge in [-0.15, -0.1) is 0 Å². The van der Waals surface area contributed by atoms with E-state index in [1.807, 2.05) is 0 Å². The van der Waals surface area contributed by atoms with Gasteiger partial charge in [-0.1, -0.05) is 41.4 Å². The summed E-state index contributed by atoms with van der Waals surface area (Å²) in [4.78, 5) is 30.1. The molecule has 0 spiro atoms. The number of halogens is 4. The molecule has 0 unspecified atom stereocenters. The molecule has 0 atom stereocenters. The summed E-state index contributed by atoms with van der Waals surface area (Å²) in [5.41, 5.74) is 0.884. The summed E-state index contributed by atoms with van der Waals surface area (Å²) in [6.45, 7) is 1.29. The number of aromatic nitrogens is 1. The first kappa shape index (κ1) is 22.7. The SMILES string of the molecule is CC(=O)N(c1cccc(C(F)F)c1)c1cc(NC(=O)Cc2c(Cl)cccc2Cl)ccn1. The molecule has 0 radical (unpaired) electrons. The van der Waals surface area contributed by atoms with Crippen LogP contribution in [0.2, 0.25) is 10.0 Å². The van der Waals surface area contributed by atoms with Crippen molar-refractivity contribution >= 4 is 52.2 Å². The van der Waals surface area contributed by atoms with Crippen molar-refractivity contribution in [2.45, 2.75) is 19.8 Å². The topological polar surface area (TPSA) is 62.3 Å². The first-order valence-electron chi connectivity index (χ1n) is 9.14. The first-order chi connectivity index (χ1) is 14.8. The maximum Gasteiger partial charge on any atom is 0.263 e. The number of rotatable bonds is 6. The van der Waals surface area contributed by atoms with Gasteiger partial charge in [0.2, 0.25) is 11.8 Å². The molecular formula is C22H17Cl2F2N3O2. The highest BCUT2D eigenvalue weighted by molar-refractivity contribution is 6.36. The van der Waals surface area contributed by atoms with Crippen LogP contribution in [0.3, 0.4) is 0 Å². The number of nitrogens with one attached hydrogen (secondary N) is 1. The van der Waals surface area contributed by atoms with Crippen LogP contribution in [0.5, 0.6) is 0 Å². The highest BCUT2D eigenvalue weighted by Gasteiger charge is 2.19. The van der Waals surface area contributed by atoms with Gasteiger partial charge in [0.1, 0.15) is 5.82 Å². The molecule has 0 aliphatic carbocycles. The van der Waals surface area contributed by atoms with Crippen LogP contribution in [0.15, 0.2) is 60.8 Å². The van der Waals surface area contributed by atoms with Crippen molar-refractivity contribution in [3.63, 3.8) is 0 Å². The molecule has 5 nitrogen and oxygen atoms in total. The van der Waals surface area contributed by atoms with Gasteiger partial charge in [-0.3, -0.25) is 14.5 Å². The van der Waals surface area contributed by atoms with Gasteiger partial charge in [0.15, 0.2) is 0 Å². The Morgan fingerprint density at radius 2 is 1.74 bits per heavy atom. The van der Waals surface area contributed by atoms with Crippen molar-refractivity contribution < 1.29 is 18.4 Å². The highest BCUT2D eigenvalue weighted by Crippen LogP contribution is 2.30. The van der Waals surface area contributed by atoms with Crippen LogP contribution < -0.4 is 10.2 Å². The lowest BCUT2D eigenvalue weighted by atomic mass is 10.1. The maximum absolute atomic E-state index is 13.1. The third-order valence-electron chi connectivity index (χ3n) is 4.35. The quantitative estimate of drug-likeness (QED) is 0.473. The van der Waals surface area contributed by atoms with Crippen LogP contribution in [-0.4, -0.2) is 16.8 Å². The van der Waals surface area contributed by atoms with E-state index in [4.69, 9.17) is 23.2 Å². The van der Waals surface area contributed by atoms with E-state index in [0.717, 1.165) is 0 Å². The van der Waals surface area contributed by atoms with Crippen LogP contribution in [0, 0.1) is 0 Å². The Balaban J connectivity index is 1.85. The molecule has 2 aromatic carbocycles.